The minimum absolute atomic E-state index is 0.0923. The fourth-order valence-corrected chi connectivity index (χ4v) is 2.50. The molecule has 4 nitrogen and oxygen atoms in total. The first kappa shape index (κ1) is 13.0. The van der Waals surface area contributed by atoms with E-state index in [0.717, 1.165) is 15.8 Å². The molecule has 0 unspecified atom stereocenters. The molecule has 0 bridgehead atoms. The Hall–Kier alpha value is -1.46. The molecule has 0 fully saturated rings. The number of carbonyl (C=O) groups excluding carboxylic acids is 1. The van der Waals surface area contributed by atoms with Gasteiger partial charge in [0, 0.05) is 5.39 Å². The predicted molar refractivity (Wildman–Crippen MR) is 72.4 cm³/mol. The lowest BCUT2D eigenvalue weighted by atomic mass is 10.1. The van der Waals surface area contributed by atoms with E-state index in [-0.39, 0.29) is 12.3 Å². The largest absolute Gasteiger partial charge is 0.390 e. The molecule has 1 aromatic carbocycles. The summed E-state index contributed by atoms with van der Waals surface area (Å²) in [6.45, 7) is 3.63. The van der Waals surface area contributed by atoms with E-state index in [1.807, 2.05) is 24.3 Å². The van der Waals surface area contributed by atoms with E-state index in [1.165, 1.54) is 11.5 Å². The summed E-state index contributed by atoms with van der Waals surface area (Å²) < 4.78 is 5.44. The highest BCUT2D eigenvalue weighted by Gasteiger charge is 2.18. The molecule has 2 aromatic rings. The molecule has 1 amide bonds. The molecule has 96 valence electrons. The molecule has 18 heavy (non-hydrogen) atoms. The van der Waals surface area contributed by atoms with Crippen LogP contribution in [0.1, 0.15) is 26.0 Å². The summed E-state index contributed by atoms with van der Waals surface area (Å²) in [5.74, 6) is -0.167. The normalized spacial score (nSPS) is 11.7. The zero-order chi connectivity index (χ0) is 13.2. The van der Waals surface area contributed by atoms with Crippen LogP contribution in [-0.2, 0) is 11.3 Å². The minimum atomic E-state index is -0.978. The molecule has 0 aliphatic carbocycles. The Morgan fingerprint density at radius 1 is 1.44 bits per heavy atom. The summed E-state index contributed by atoms with van der Waals surface area (Å²) in [7, 11) is 0. The summed E-state index contributed by atoms with van der Waals surface area (Å²) in [6, 6.07) is 7.93. The molecular weight excluding hydrogens is 248 g/mol. The van der Waals surface area contributed by atoms with Crippen LogP contribution < -0.4 is 5.32 Å². The zero-order valence-electron chi connectivity index (χ0n) is 10.4. The van der Waals surface area contributed by atoms with Crippen LogP contribution in [0.25, 0.3) is 10.1 Å². The van der Waals surface area contributed by atoms with Crippen LogP contribution in [-0.4, -0.2) is 21.0 Å². The van der Waals surface area contributed by atoms with Crippen molar-refractivity contribution in [3.63, 3.8) is 0 Å². The maximum Gasteiger partial charge on any atom is 0.223 e. The SMILES string of the molecule is CC(C)(O)CC(=O)NCc1nsc2ccccc12. The second-order valence-corrected chi connectivity index (χ2v) is 5.70. The van der Waals surface area contributed by atoms with E-state index in [4.69, 9.17) is 0 Å². The van der Waals surface area contributed by atoms with Gasteiger partial charge in [-0.2, -0.15) is 4.37 Å². The summed E-state index contributed by atoms with van der Waals surface area (Å²) in [4.78, 5) is 11.6. The number of rotatable bonds is 4. The van der Waals surface area contributed by atoms with E-state index < -0.39 is 5.60 Å². The van der Waals surface area contributed by atoms with Gasteiger partial charge in [-0.1, -0.05) is 18.2 Å². The highest BCUT2D eigenvalue weighted by atomic mass is 32.1. The van der Waals surface area contributed by atoms with E-state index in [0.29, 0.717) is 6.54 Å². The fourth-order valence-electron chi connectivity index (χ4n) is 1.70. The number of carbonyl (C=O) groups is 1. The van der Waals surface area contributed by atoms with Crippen molar-refractivity contribution in [2.45, 2.75) is 32.4 Å². The van der Waals surface area contributed by atoms with Crippen molar-refractivity contribution in [1.29, 1.82) is 0 Å². The topological polar surface area (TPSA) is 62.2 Å². The summed E-state index contributed by atoms with van der Waals surface area (Å²) >= 11 is 1.43. The van der Waals surface area contributed by atoms with Gasteiger partial charge in [0.1, 0.15) is 0 Å². The lowest BCUT2D eigenvalue weighted by Gasteiger charge is -2.15. The van der Waals surface area contributed by atoms with Gasteiger partial charge in [0.15, 0.2) is 0 Å². The second-order valence-electron chi connectivity index (χ2n) is 4.89. The molecule has 0 saturated heterocycles. The number of nitrogens with one attached hydrogen (secondary N) is 1. The number of nitrogens with zero attached hydrogens (tertiary/aromatic N) is 1. The number of aliphatic hydroxyl groups is 1. The van der Waals surface area contributed by atoms with Crippen LogP contribution in [0.5, 0.6) is 0 Å². The van der Waals surface area contributed by atoms with Gasteiger partial charge in [-0.15, -0.1) is 0 Å². The number of hydrogen-bond acceptors (Lipinski definition) is 4. The van der Waals surface area contributed by atoms with Crippen molar-refractivity contribution in [3.05, 3.63) is 30.0 Å². The first-order valence-corrected chi connectivity index (χ1v) is 6.55. The number of amides is 1. The summed E-state index contributed by atoms with van der Waals surface area (Å²) in [5.41, 5.74) is -0.103. The van der Waals surface area contributed by atoms with Gasteiger partial charge in [-0.05, 0) is 31.4 Å². The number of hydrogen-bond donors (Lipinski definition) is 2. The van der Waals surface area contributed by atoms with Gasteiger partial charge >= 0.3 is 0 Å². The van der Waals surface area contributed by atoms with Gasteiger partial charge in [-0.3, -0.25) is 4.79 Å². The van der Waals surface area contributed by atoms with E-state index in [9.17, 15) is 9.90 Å². The maximum atomic E-state index is 11.6. The van der Waals surface area contributed by atoms with Crippen LogP contribution in [0.4, 0.5) is 0 Å². The Labute approximate surface area is 110 Å². The Morgan fingerprint density at radius 3 is 2.89 bits per heavy atom. The lowest BCUT2D eigenvalue weighted by molar-refractivity contribution is -0.125. The van der Waals surface area contributed by atoms with Crippen molar-refractivity contribution < 1.29 is 9.90 Å². The molecule has 2 N–H and O–H groups in total. The van der Waals surface area contributed by atoms with Gasteiger partial charge in [0.2, 0.25) is 5.91 Å². The number of fused-ring (bicyclic) bond motifs is 1. The predicted octanol–water partition coefficient (Wildman–Crippen LogP) is 2.07. The Kier molecular flexibility index (Phi) is 3.63. The molecule has 5 heteroatoms. The van der Waals surface area contributed by atoms with Gasteiger partial charge < -0.3 is 10.4 Å². The summed E-state index contributed by atoms with van der Waals surface area (Å²) in [6.07, 6.45) is 0.0923. The zero-order valence-corrected chi connectivity index (χ0v) is 11.3. The average molecular weight is 264 g/mol. The Morgan fingerprint density at radius 2 is 2.17 bits per heavy atom. The quantitative estimate of drug-likeness (QED) is 0.888. The molecule has 1 heterocycles. The second kappa shape index (κ2) is 5.04. The standard InChI is InChI=1S/C13H16N2O2S/c1-13(2,17)7-12(16)14-8-10-9-5-3-4-6-11(9)18-15-10/h3-6,17H,7-8H2,1-2H3,(H,14,16). The van der Waals surface area contributed by atoms with E-state index in [1.54, 1.807) is 13.8 Å². The minimum Gasteiger partial charge on any atom is -0.390 e. The highest BCUT2D eigenvalue weighted by Crippen LogP contribution is 2.21. The van der Waals surface area contributed by atoms with Gasteiger partial charge in [-0.25, -0.2) is 0 Å². The first-order valence-electron chi connectivity index (χ1n) is 5.78. The molecule has 1 aromatic heterocycles. The molecular formula is C13H16N2O2S. The van der Waals surface area contributed by atoms with E-state index >= 15 is 0 Å². The number of benzene rings is 1. The Balaban J connectivity index is 2.00. The molecule has 0 saturated carbocycles. The Bertz CT molecular complexity index is 557. The molecule has 0 atom stereocenters. The van der Waals surface area contributed by atoms with Gasteiger partial charge in [0.25, 0.3) is 0 Å². The average Bonchev–Trinajstić information content (AvgIpc) is 2.67. The van der Waals surface area contributed by atoms with Crippen molar-refractivity contribution in [1.82, 2.24) is 9.69 Å². The molecule has 2 rings (SSSR count). The van der Waals surface area contributed by atoms with Crippen LogP contribution in [0.3, 0.4) is 0 Å². The lowest BCUT2D eigenvalue weighted by Crippen LogP contribution is -2.31. The molecule has 0 aliphatic rings. The maximum absolute atomic E-state index is 11.6. The van der Waals surface area contributed by atoms with Crippen LogP contribution >= 0.6 is 11.5 Å². The monoisotopic (exact) mass is 264 g/mol. The smallest absolute Gasteiger partial charge is 0.223 e. The molecule has 0 aliphatic heterocycles. The van der Waals surface area contributed by atoms with Gasteiger partial charge in [0.05, 0.1) is 29.0 Å². The third kappa shape index (κ3) is 3.27. The number of aromatic nitrogens is 1. The van der Waals surface area contributed by atoms with Crippen molar-refractivity contribution in [2.24, 2.45) is 0 Å². The first-order chi connectivity index (χ1) is 8.46. The molecule has 0 radical (unpaired) electrons. The van der Waals surface area contributed by atoms with Crippen LogP contribution in [0.15, 0.2) is 24.3 Å². The third-order valence-electron chi connectivity index (χ3n) is 2.50. The third-order valence-corrected chi connectivity index (χ3v) is 3.36. The van der Waals surface area contributed by atoms with E-state index in [2.05, 4.69) is 9.69 Å². The van der Waals surface area contributed by atoms with Crippen LogP contribution in [0.2, 0.25) is 0 Å². The van der Waals surface area contributed by atoms with Crippen molar-refractivity contribution in [2.75, 3.05) is 0 Å². The fraction of sp³-hybridized carbons (Fsp3) is 0.385. The van der Waals surface area contributed by atoms with Crippen molar-refractivity contribution in [3.8, 4) is 0 Å². The molecule has 0 spiro atoms. The van der Waals surface area contributed by atoms with Crippen molar-refractivity contribution >= 4 is 27.5 Å². The summed E-state index contributed by atoms with van der Waals surface area (Å²) in [5, 5.41) is 13.4. The van der Waals surface area contributed by atoms with Crippen LogP contribution in [0, 0.1) is 0 Å². The highest BCUT2D eigenvalue weighted by molar-refractivity contribution is 7.13.